The predicted octanol–water partition coefficient (Wildman–Crippen LogP) is 3.50. The van der Waals surface area contributed by atoms with Crippen molar-refractivity contribution in [3.63, 3.8) is 0 Å². The van der Waals surface area contributed by atoms with Crippen LogP contribution in [0.4, 0.5) is 4.39 Å². The number of aliphatic hydroxyl groups is 2. The Morgan fingerprint density at radius 2 is 1.91 bits per heavy atom. The number of allylic oxidation sites excluding steroid dienone is 4. The Bertz CT molecular complexity index is 928. The molecule has 0 saturated heterocycles. The highest BCUT2D eigenvalue weighted by Gasteiger charge is 2.66. The highest BCUT2D eigenvalue weighted by molar-refractivity contribution is 6.01. The molecule has 0 spiro atoms. The number of halogens is 1. The van der Waals surface area contributed by atoms with Crippen molar-refractivity contribution in [3.8, 4) is 0 Å². The number of hydroxylamine groups is 2. The van der Waals surface area contributed by atoms with E-state index in [4.69, 9.17) is 0 Å². The van der Waals surface area contributed by atoms with Crippen molar-refractivity contribution in [1.29, 1.82) is 0 Å². The van der Waals surface area contributed by atoms with Crippen LogP contribution in [0.1, 0.15) is 58.8 Å². The Morgan fingerprint density at radius 3 is 2.60 bits per heavy atom. The quantitative estimate of drug-likeness (QED) is 0.494. The first-order valence-electron chi connectivity index (χ1n) is 13.4. The fourth-order valence-corrected chi connectivity index (χ4v) is 9.26. The maximum atomic E-state index is 15.6. The predicted molar refractivity (Wildman–Crippen MR) is 128 cm³/mol. The summed E-state index contributed by atoms with van der Waals surface area (Å²) < 4.78 is 15.6. The van der Waals surface area contributed by atoms with Gasteiger partial charge in [0.05, 0.1) is 6.10 Å². The number of rotatable bonds is 6. The van der Waals surface area contributed by atoms with Gasteiger partial charge in [-0.2, -0.15) is 5.06 Å². The maximum absolute atomic E-state index is 15.6. The maximum Gasteiger partial charge on any atom is 0.178 e. The first-order valence-corrected chi connectivity index (χ1v) is 13.4. The number of ketones is 2. The average Bonchev–Trinajstić information content (AvgIpc) is 3.39. The van der Waals surface area contributed by atoms with Crippen LogP contribution in [0, 0.1) is 46.3 Å². The molecule has 9 unspecified atom stereocenters. The minimum atomic E-state index is -1.27. The molecule has 4 saturated carbocycles. The van der Waals surface area contributed by atoms with Crippen molar-refractivity contribution in [1.82, 2.24) is 5.06 Å². The topological polar surface area (TPSA) is 98.1 Å². The Hall–Kier alpha value is -1.41. The second-order valence-electron chi connectivity index (χ2n) is 12.5. The van der Waals surface area contributed by atoms with E-state index < -0.39 is 35.6 Å². The van der Waals surface area contributed by atoms with E-state index in [1.807, 2.05) is 13.8 Å². The minimum absolute atomic E-state index is 0.0102. The van der Waals surface area contributed by atoms with Gasteiger partial charge in [0, 0.05) is 30.3 Å². The van der Waals surface area contributed by atoms with Crippen LogP contribution in [0.2, 0.25) is 0 Å². The monoisotopic (exact) mass is 489 g/mol. The van der Waals surface area contributed by atoms with E-state index in [-0.39, 0.29) is 41.7 Å². The van der Waals surface area contributed by atoms with Gasteiger partial charge in [-0.25, -0.2) is 4.39 Å². The zero-order valence-electron chi connectivity index (χ0n) is 20.9. The zero-order chi connectivity index (χ0) is 25.1. The lowest BCUT2D eigenvalue weighted by atomic mass is 9.46. The third-order valence-corrected chi connectivity index (χ3v) is 10.5. The minimum Gasteiger partial charge on any atom is -0.393 e. The highest BCUT2D eigenvalue weighted by atomic mass is 19.1. The van der Waals surface area contributed by atoms with Gasteiger partial charge in [0.1, 0.15) is 12.8 Å². The van der Waals surface area contributed by atoms with Crippen LogP contribution in [-0.2, 0) is 9.59 Å². The molecule has 35 heavy (non-hydrogen) atoms. The number of nitrogens with zero attached hydrogens (tertiary/aromatic N) is 1. The van der Waals surface area contributed by atoms with Crippen molar-refractivity contribution in [2.24, 2.45) is 46.3 Å². The number of carbonyl (C=O) groups excluding carboxylic acids is 2. The molecule has 0 aromatic rings. The summed E-state index contributed by atoms with van der Waals surface area (Å²) in [6.07, 6.45) is 8.52. The van der Waals surface area contributed by atoms with Gasteiger partial charge < -0.3 is 15.4 Å². The highest BCUT2D eigenvalue weighted by Crippen LogP contribution is 2.67. The second-order valence-corrected chi connectivity index (χ2v) is 12.5. The van der Waals surface area contributed by atoms with Gasteiger partial charge in [-0.3, -0.25) is 9.59 Å². The second kappa shape index (κ2) is 9.16. The smallest absolute Gasteiger partial charge is 0.178 e. The molecular weight excluding hydrogens is 449 g/mol. The summed E-state index contributed by atoms with van der Waals surface area (Å²) in [4.78, 5) is 25.1. The molecule has 7 heteroatoms. The summed E-state index contributed by atoms with van der Waals surface area (Å²) >= 11 is 0. The van der Waals surface area contributed by atoms with Crippen LogP contribution in [0.5, 0.6) is 0 Å². The molecule has 5 rings (SSSR count). The molecule has 9 atom stereocenters. The van der Waals surface area contributed by atoms with E-state index in [2.05, 4.69) is 0 Å². The molecule has 0 amide bonds. The first kappa shape index (κ1) is 25.2. The molecule has 3 N–H and O–H groups in total. The largest absolute Gasteiger partial charge is 0.393 e. The van der Waals surface area contributed by atoms with Crippen LogP contribution >= 0.6 is 0 Å². The van der Waals surface area contributed by atoms with Gasteiger partial charge in [-0.15, -0.1) is 0 Å². The number of Topliss-reactive ketones (excluding diaryl/α,β-unsaturated/α-hetero) is 1. The van der Waals surface area contributed by atoms with Crippen molar-refractivity contribution < 1.29 is 29.4 Å². The molecule has 5 aliphatic rings. The molecule has 4 fully saturated rings. The van der Waals surface area contributed by atoms with Crippen LogP contribution < -0.4 is 0 Å². The molecule has 0 aliphatic heterocycles. The number of aliphatic hydroxyl groups excluding tert-OH is 2. The molecule has 6 nitrogen and oxygen atoms in total. The Morgan fingerprint density at radius 1 is 1.20 bits per heavy atom. The number of hydrogen-bond acceptors (Lipinski definition) is 6. The molecule has 0 aromatic carbocycles. The molecule has 0 heterocycles. The molecule has 0 aromatic heterocycles. The summed E-state index contributed by atoms with van der Waals surface area (Å²) in [7, 11) is 0. The average molecular weight is 490 g/mol. The fraction of sp³-hybridized carbons (Fsp3) is 0.786. The van der Waals surface area contributed by atoms with Crippen LogP contribution in [-0.4, -0.2) is 64.0 Å². The lowest BCUT2D eigenvalue weighted by Crippen LogP contribution is -2.58. The van der Waals surface area contributed by atoms with Gasteiger partial charge in [-0.05, 0) is 78.9 Å². The van der Waals surface area contributed by atoms with Crippen LogP contribution in [0.15, 0.2) is 23.8 Å². The van der Waals surface area contributed by atoms with E-state index in [1.165, 1.54) is 30.1 Å². The fourth-order valence-electron chi connectivity index (χ4n) is 9.26. The van der Waals surface area contributed by atoms with Crippen molar-refractivity contribution in [2.75, 3.05) is 19.7 Å². The Labute approximate surface area is 207 Å². The molecular formula is C28H40FNO5. The van der Waals surface area contributed by atoms with E-state index in [9.17, 15) is 25.0 Å². The lowest BCUT2D eigenvalue weighted by Gasteiger charge is -2.59. The first-order chi connectivity index (χ1) is 16.6. The van der Waals surface area contributed by atoms with Gasteiger partial charge in [0.25, 0.3) is 0 Å². The summed E-state index contributed by atoms with van der Waals surface area (Å²) in [5.74, 6) is -1.05. The van der Waals surface area contributed by atoms with E-state index >= 15 is 4.39 Å². The van der Waals surface area contributed by atoms with Crippen molar-refractivity contribution in [2.45, 2.75) is 71.1 Å². The van der Waals surface area contributed by atoms with Crippen LogP contribution in [0.3, 0.4) is 0 Å². The van der Waals surface area contributed by atoms with E-state index in [0.717, 1.165) is 12.8 Å². The van der Waals surface area contributed by atoms with Gasteiger partial charge >= 0.3 is 0 Å². The van der Waals surface area contributed by atoms with Gasteiger partial charge in [0.15, 0.2) is 11.6 Å². The van der Waals surface area contributed by atoms with E-state index in [1.54, 1.807) is 6.08 Å². The summed E-state index contributed by atoms with van der Waals surface area (Å²) in [6, 6.07) is 0. The Kier molecular flexibility index (Phi) is 6.61. The third-order valence-electron chi connectivity index (χ3n) is 10.5. The number of hydrogen-bond donors (Lipinski definition) is 3. The zero-order valence-corrected chi connectivity index (χ0v) is 20.9. The molecule has 194 valence electrons. The number of carbonyl (C=O) groups is 2. The number of fused-ring (bicyclic) bond motifs is 5. The molecule has 5 aliphatic carbocycles. The van der Waals surface area contributed by atoms with Crippen molar-refractivity contribution >= 4 is 11.6 Å². The summed E-state index contributed by atoms with van der Waals surface area (Å²) in [6.45, 7) is 4.32. The standard InChI is InChI=1S/C28H40FNO5/c1-27-8-7-18(32)10-21(27)22(29)11-19-20-9-17(14-30(35)13-16-5-3-4-6-16)25(24(34)15-31)28(20,2)12-23(33)26(19)27/h7-8,10,16-17,19-20,22-23,25-26,31,33,35H,3-6,9,11-15H2,1-2H3. The lowest BCUT2D eigenvalue weighted by molar-refractivity contribution is -0.148. The number of alkyl halides is 1. The normalized spacial score (nSPS) is 45.3. The van der Waals surface area contributed by atoms with Crippen molar-refractivity contribution in [3.05, 3.63) is 23.8 Å². The third kappa shape index (κ3) is 4.07. The Balaban J connectivity index is 1.45. The van der Waals surface area contributed by atoms with Crippen LogP contribution in [0.25, 0.3) is 0 Å². The summed E-state index contributed by atoms with van der Waals surface area (Å²) in [5.41, 5.74) is -0.855. The molecule has 0 bridgehead atoms. The SMILES string of the molecule is CC12C=CC(=O)C=C1C(F)CC1C2C(O)CC2(C)C1CC(CN(O)CC1CCCC1)C2C(=O)CO. The molecule has 0 radical (unpaired) electrons. The van der Waals surface area contributed by atoms with Gasteiger partial charge in [-0.1, -0.05) is 32.8 Å². The van der Waals surface area contributed by atoms with Gasteiger partial charge in [0.2, 0.25) is 0 Å². The summed E-state index contributed by atoms with van der Waals surface area (Å²) in [5, 5.41) is 33.5. The van der Waals surface area contributed by atoms with E-state index in [0.29, 0.717) is 37.4 Å².